The van der Waals surface area contributed by atoms with E-state index in [0.29, 0.717) is 29.3 Å². The summed E-state index contributed by atoms with van der Waals surface area (Å²) in [6.07, 6.45) is 0.733. The van der Waals surface area contributed by atoms with Crippen LogP contribution in [0.15, 0.2) is 18.2 Å². The van der Waals surface area contributed by atoms with E-state index in [9.17, 15) is 14.4 Å². The lowest BCUT2D eigenvalue weighted by atomic mass is 10.2. The van der Waals surface area contributed by atoms with E-state index < -0.39 is 12.1 Å². The van der Waals surface area contributed by atoms with Crippen LogP contribution in [0.3, 0.4) is 0 Å². The summed E-state index contributed by atoms with van der Waals surface area (Å²) in [5.41, 5.74) is 1.09. The molecule has 8 heteroatoms. The predicted octanol–water partition coefficient (Wildman–Crippen LogP) is 1.80. The van der Waals surface area contributed by atoms with Crippen LogP contribution in [0.1, 0.15) is 26.7 Å². The predicted molar refractivity (Wildman–Crippen MR) is 94.5 cm³/mol. The van der Waals surface area contributed by atoms with Crippen molar-refractivity contribution in [2.45, 2.75) is 43.7 Å². The van der Waals surface area contributed by atoms with Crippen molar-refractivity contribution in [3.63, 3.8) is 0 Å². The normalized spacial score (nSPS) is 30.4. The van der Waals surface area contributed by atoms with Gasteiger partial charge in [0.1, 0.15) is 11.8 Å². The van der Waals surface area contributed by atoms with Crippen LogP contribution in [0.25, 0.3) is 0 Å². The van der Waals surface area contributed by atoms with Crippen molar-refractivity contribution < 1.29 is 19.1 Å². The van der Waals surface area contributed by atoms with Crippen LogP contribution in [-0.4, -0.2) is 45.4 Å². The average molecular weight is 361 g/mol. The Labute approximate surface area is 149 Å². The summed E-state index contributed by atoms with van der Waals surface area (Å²) in [5.74, 6) is 0.775. The summed E-state index contributed by atoms with van der Waals surface area (Å²) in [7, 11) is 0. The third-order valence-electron chi connectivity index (χ3n) is 4.93. The van der Waals surface area contributed by atoms with Gasteiger partial charge in [-0.05, 0) is 38.5 Å². The van der Waals surface area contributed by atoms with Crippen LogP contribution in [-0.2, 0) is 14.4 Å². The summed E-state index contributed by atoms with van der Waals surface area (Å²) in [5, 5.41) is 5.62. The van der Waals surface area contributed by atoms with Crippen molar-refractivity contribution in [3.8, 4) is 5.75 Å². The van der Waals surface area contributed by atoms with E-state index in [1.165, 1.54) is 0 Å². The fourth-order valence-corrected chi connectivity index (χ4v) is 4.96. The number of ether oxygens (including phenoxy) is 1. The number of hydrogen-bond donors (Lipinski definition) is 2. The number of fused-ring (bicyclic) bond motifs is 2. The van der Waals surface area contributed by atoms with Gasteiger partial charge in [0.2, 0.25) is 11.8 Å². The van der Waals surface area contributed by atoms with E-state index in [4.69, 9.17) is 4.74 Å². The average Bonchev–Trinajstić information content (AvgIpc) is 3.05. The fraction of sp³-hybridized carbons (Fsp3) is 0.471. The molecule has 0 aliphatic carbocycles. The number of hydrogen-bond acceptors (Lipinski definition) is 5. The quantitative estimate of drug-likeness (QED) is 0.839. The number of amides is 3. The van der Waals surface area contributed by atoms with Gasteiger partial charge in [0.05, 0.1) is 10.6 Å². The van der Waals surface area contributed by atoms with E-state index in [1.807, 2.05) is 6.92 Å². The van der Waals surface area contributed by atoms with Gasteiger partial charge in [-0.2, -0.15) is 0 Å². The molecule has 3 atom stereocenters. The minimum absolute atomic E-state index is 0.0349. The highest BCUT2D eigenvalue weighted by Crippen LogP contribution is 2.47. The van der Waals surface area contributed by atoms with Gasteiger partial charge in [0.15, 0.2) is 6.10 Å². The highest BCUT2D eigenvalue weighted by atomic mass is 32.2. The van der Waals surface area contributed by atoms with Gasteiger partial charge in [-0.1, -0.05) is 0 Å². The van der Waals surface area contributed by atoms with E-state index in [0.717, 1.165) is 6.42 Å². The Kier molecular flexibility index (Phi) is 3.68. The van der Waals surface area contributed by atoms with Crippen molar-refractivity contribution in [3.05, 3.63) is 18.2 Å². The largest absolute Gasteiger partial charge is 0.479 e. The number of benzene rings is 1. The first-order valence-corrected chi connectivity index (χ1v) is 9.24. The smallest absolute Gasteiger partial charge is 0.265 e. The Morgan fingerprint density at radius 2 is 2.24 bits per heavy atom. The number of nitrogens with zero attached hydrogens (tertiary/aromatic N) is 1. The highest BCUT2D eigenvalue weighted by Gasteiger charge is 2.52. The molecule has 0 saturated carbocycles. The number of nitrogens with one attached hydrogen (secondary N) is 2. The summed E-state index contributed by atoms with van der Waals surface area (Å²) in [6.45, 7) is 3.69. The molecule has 1 aromatic rings. The third kappa shape index (κ3) is 2.64. The second kappa shape index (κ2) is 5.66. The molecular weight excluding hydrogens is 342 g/mol. The molecule has 25 heavy (non-hydrogen) atoms. The number of carbonyl (C=O) groups is 3. The molecule has 0 aromatic heterocycles. The maximum absolute atomic E-state index is 12.7. The summed E-state index contributed by atoms with van der Waals surface area (Å²) < 4.78 is 5.51. The summed E-state index contributed by atoms with van der Waals surface area (Å²) in [6, 6.07) is 4.65. The van der Waals surface area contributed by atoms with Crippen LogP contribution in [0, 0.1) is 0 Å². The fourth-order valence-electron chi connectivity index (χ4n) is 3.53. The van der Waals surface area contributed by atoms with Crippen molar-refractivity contribution in [1.29, 1.82) is 0 Å². The standard InChI is InChI=1S/C17H19N3O4S/c1-9-15(22)19-11-7-10(3-4-13(11)24-9)18-16(23)12-8-25-17(2)6-5-14(21)20(12)17/h3-4,7,9,12H,5-6,8H2,1-2H3,(H,18,23)(H,19,22). The Morgan fingerprint density at radius 1 is 1.44 bits per heavy atom. The number of rotatable bonds is 2. The zero-order chi connectivity index (χ0) is 17.8. The molecule has 4 rings (SSSR count). The van der Waals surface area contributed by atoms with E-state index in [-0.39, 0.29) is 22.6 Å². The van der Waals surface area contributed by atoms with Gasteiger partial charge in [0.25, 0.3) is 5.91 Å². The van der Waals surface area contributed by atoms with E-state index in [1.54, 1.807) is 41.8 Å². The van der Waals surface area contributed by atoms with Crippen molar-refractivity contribution in [2.75, 3.05) is 16.4 Å². The van der Waals surface area contributed by atoms with Crippen LogP contribution >= 0.6 is 11.8 Å². The molecule has 0 radical (unpaired) electrons. The van der Waals surface area contributed by atoms with E-state index >= 15 is 0 Å². The molecule has 7 nitrogen and oxygen atoms in total. The third-order valence-corrected chi connectivity index (χ3v) is 6.43. The molecule has 0 spiro atoms. The van der Waals surface area contributed by atoms with Gasteiger partial charge < -0.3 is 20.3 Å². The Hall–Kier alpha value is -2.22. The monoisotopic (exact) mass is 361 g/mol. The second-order valence-corrected chi connectivity index (χ2v) is 8.22. The maximum Gasteiger partial charge on any atom is 0.265 e. The molecule has 3 amide bonds. The minimum atomic E-state index is -0.540. The lowest BCUT2D eigenvalue weighted by Gasteiger charge is -2.30. The van der Waals surface area contributed by atoms with Gasteiger partial charge >= 0.3 is 0 Å². The molecule has 1 aromatic carbocycles. The second-order valence-electron chi connectivity index (χ2n) is 6.72. The molecule has 3 heterocycles. The SMILES string of the molecule is CC1Oc2ccc(NC(=O)C3CSC4(C)CCC(=O)N34)cc2NC1=O. The first-order valence-electron chi connectivity index (χ1n) is 8.26. The van der Waals surface area contributed by atoms with Gasteiger partial charge in [-0.15, -0.1) is 11.8 Å². The molecule has 2 fully saturated rings. The van der Waals surface area contributed by atoms with E-state index in [2.05, 4.69) is 10.6 Å². The van der Waals surface area contributed by atoms with Crippen LogP contribution in [0.2, 0.25) is 0 Å². The lowest BCUT2D eigenvalue weighted by Crippen LogP contribution is -2.48. The molecule has 3 unspecified atom stereocenters. The summed E-state index contributed by atoms with van der Waals surface area (Å²) in [4.78, 5) is 38.0. The number of carbonyl (C=O) groups excluding carboxylic acids is 3. The Morgan fingerprint density at radius 3 is 3.04 bits per heavy atom. The minimum Gasteiger partial charge on any atom is -0.479 e. The number of anilines is 2. The lowest BCUT2D eigenvalue weighted by molar-refractivity contribution is -0.135. The topological polar surface area (TPSA) is 87.7 Å². The molecule has 0 bridgehead atoms. The molecule has 3 aliphatic rings. The van der Waals surface area contributed by atoms with Crippen molar-refractivity contribution in [2.24, 2.45) is 0 Å². The first kappa shape index (κ1) is 16.3. The molecule has 3 aliphatic heterocycles. The zero-order valence-corrected chi connectivity index (χ0v) is 14.8. The first-order chi connectivity index (χ1) is 11.9. The molecular formula is C17H19N3O4S. The Bertz CT molecular complexity index is 783. The van der Waals surface area contributed by atoms with Gasteiger partial charge in [-0.25, -0.2) is 0 Å². The zero-order valence-electron chi connectivity index (χ0n) is 14.0. The van der Waals surface area contributed by atoms with Crippen LogP contribution in [0.4, 0.5) is 11.4 Å². The van der Waals surface area contributed by atoms with Gasteiger partial charge in [0, 0.05) is 17.9 Å². The van der Waals surface area contributed by atoms with Crippen LogP contribution in [0.5, 0.6) is 5.75 Å². The number of thioether (sulfide) groups is 1. The Balaban J connectivity index is 1.51. The molecule has 2 saturated heterocycles. The molecule has 132 valence electrons. The molecule has 2 N–H and O–H groups in total. The highest BCUT2D eigenvalue weighted by molar-refractivity contribution is 8.01. The van der Waals surface area contributed by atoms with Gasteiger partial charge in [-0.3, -0.25) is 14.4 Å². The van der Waals surface area contributed by atoms with Crippen LogP contribution < -0.4 is 15.4 Å². The maximum atomic E-state index is 12.7. The summed E-state index contributed by atoms with van der Waals surface area (Å²) >= 11 is 1.66. The van der Waals surface area contributed by atoms with Crippen molar-refractivity contribution >= 4 is 40.9 Å². The van der Waals surface area contributed by atoms with Crippen molar-refractivity contribution in [1.82, 2.24) is 4.90 Å².